The monoisotopic (exact) mass is 479 g/mol. The third kappa shape index (κ3) is 4.20. The van der Waals surface area contributed by atoms with Crippen LogP contribution in [0.4, 0.5) is 5.82 Å². The molecule has 0 radical (unpaired) electrons. The van der Waals surface area contributed by atoms with Crippen LogP contribution in [0.5, 0.6) is 0 Å². The summed E-state index contributed by atoms with van der Waals surface area (Å²) in [5.74, 6) is 1.42. The first kappa shape index (κ1) is 22.9. The number of carbonyl (C=O) groups excluding carboxylic acids is 2. The molecule has 3 unspecified atom stereocenters. The molecule has 0 bridgehead atoms. The average molecular weight is 480 g/mol. The van der Waals surface area contributed by atoms with E-state index in [4.69, 9.17) is 11.6 Å². The number of aromatic nitrogens is 2. The summed E-state index contributed by atoms with van der Waals surface area (Å²) in [5.41, 5.74) is 3.53. The Morgan fingerprint density at radius 1 is 1.18 bits per heavy atom. The maximum absolute atomic E-state index is 13.1. The first-order valence-corrected chi connectivity index (χ1v) is 12.4. The Balaban J connectivity index is 1.31. The average Bonchev–Trinajstić information content (AvgIpc) is 3.47. The third-order valence-corrected chi connectivity index (χ3v) is 8.05. The summed E-state index contributed by atoms with van der Waals surface area (Å²) in [7, 11) is 0. The fourth-order valence-corrected chi connectivity index (χ4v) is 6.61. The first-order valence-electron chi connectivity index (χ1n) is 12.0. The molecule has 3 heterocycles. The van der Waals surface area contributed by atoms with Crippen molar-refractivity contribution in [3.8, 4) is 17.2 Å². The molecular weight excluding hydrogens is 450 g/mol. The van der Waals surface area contributed by atoms with E-state index in [9.17, 15) is 14.9 Å². The van der Waals surface area contributed by atoms with Crippen molar-refractivity contribution in [2.75, 3.05) is 5.32 Å². The Labute approximate surface area is 204 Å². The molecule has 2 aromatic heterocycles. The van der Waals surface area contributed by atoms with Crippen LogP contribution < -0.4 is 10.6 Å². The molecule has 0 spiro atoms. The normalized spacial score (nSPS) is 26.6. The lowest BCUT2D eigenvalue weighted by atomic mass is 9.89. The summed E-state index contributed by atoms with van der Waals surface area (Å²) < 4.78 is 2.08. The summed E-state index contributed by atoms with van der Waals surface area (Å²) in [6.45, 7) is 6.74. The Kier molecular flexibility index (Phi) is 5.68. The van der Waals surface area contributed by atoms with Gasteiger partial charge in [0, 0.05) is 48.4 Å². The molecule has 8 heteroatoms. The van der Waals surface area contributed by atoms with E-state index in [1.54, 1.807) is 13.1 Å². The van der Waals surface area contributed by atoms with Gasteiger partial charge >= 0.3 is 0 Å². The van der Waals surface area contributed by atoms with Crippen molar-refractivity contribution in [3.05, 3.63) is 34.7 Å². The van der Waals surface area contributed by atoms with Crippen LogP contribution in [0.25, 0.3) is 11.1 Å². The molecule has 2 saturated carbocycles. The number of halogens is 1. The molecule has 178 valence electrons. The molecule has 0 saturated heterocycles. The fourth-order valence-electron chi connectivity index (χ4n) is 6.40. The number of hydrogen-bond donors (Lipinski definition) is 2. The highest BCUT2D eigenvalue weighted by molar-refractivity contribution is 6.33. The topological polar surface area (TPSA) is 99.8 Å². The maximum atomic E-state index is 13.1. The highest BCUT2D eigenvalue weighted by Crippen LogP contribution is 2.47. The summed E-state index contributed by atoms with van der Waals surface area (Å²) in [6, 6.07) is 6.26. The van der Waals surface area contributed by atoms with E-state index in [1.807, 2.05) is 12.1 Å². The predicted molar refractivity (Wildman–Crippen MR) is 130 cm³/mol. The number of amides is 2. The van der Waals surface area contributed by atoms with E-state index >= 15 is 0 Å². The molecule has 34 heavy (non-hydrogen) atoms. The van der Waals surface area contributed by atoms with Crippen LogP contribution in [0, 0.1) is 34.5 Å². The SMILES string of the molecule is CC(=O)NC1CC2CC(C(=O)Nc3cc(-c4cc(C#N)n5c4CC(C)(C)C5)c(Cl)cn3)C[C@H]2C1. The number of rotatable bonds is 4. The summed E-state index contributed by atoms with van der Waals surface area (Å²) in [6.07, 6.45) is 6.03. The lowest BCUT2D eigenvalue weighted by Crippen LogP contribution is -2.31. The lowest BCUT2D eigenvalue weighted by Gasteiger charge is -2.16. The van der Waals surface area contributed by atoms with Gasteiger partial charge in [0.15, 0.2) is 0 Å². The van der Waals surface area contributed by atoms with Gasteiger partial charge in [-0.05, 0) is 61.5 Å². The largest absolute Gasteiger partial charge is 0.354 e. The molecule has 3 aliphatic rings. The van der Waals surface area contributed by atoms with Crippen LogP contribution in [-0.4, -0.2) is 27.4 Å². The van der Waals surface area contributed by atoms with Gasteiger partial charge in [0.05, 0.1) is 5.02 Å². The van der Waals surface area contributed by atoms with Crippen LogP contribution in [-0.2, 0) is 22.6 Å². The van der Waals surface area contributed by atoms with Crippen LogP contribution >= 0.6 is 11.6 Å². The Bertz CT molecular complexity index is 1200. The number of nitrogens with one attached hydrogen (secondary N) is 2. The molecule has 2 aromatic rings. The van der Waals surface area contributed by atoms with Crippen LogP contribution in [0.3, 0.4) is 0 Å². The standard InChI is InChI=1S/C26H30ClN5O2/c1-14(33)30-18-6-15-4-17(5-16(15)7-18)25(34)31-24-9-20(22(27)12-29-24)21-8-19(11-28)32-13-26(2,3)10-23(21)32/h8-9,12,15-18H,4-7,10,13H2,1-3H3,(H,30,33)(H,29,31,34)/t15-,16?,17?,18?/m0/s1. The van der Waals surface area contributed by atoms with Crippen LogP contribution in [0.2, 0.25) is 5.02 Å². The molecule has 2 aliphatic carbocycles. The van der Waals surface area contributed by atoms with E-state index in [2.05, 4.69) is 40.1 Å². The molecule has 2 fully saturated rings. The minimum Gasteiger partial charge on any atom is -0.354 e. The van der Waals surface area contributed by atoms with Crippen molar-refractivity contribution in [3.63, 3.8) is 0 Å². The van der Waals surface area contributed by atoms with E-state index in [-0.39, 0.29) is 29.2 Å². The van der Waals surface area contributed by atoms with E-state index in [0.717, 1.165) is 55.5 Å². The predicted octanol–water partition coefficient (Wildman–Crippen LogP) is 4.54. The maximum Gasteiger partial charge on any atom is 0.228 e. The number of pyridine rings is 1. The van der Waals surface area contributed by atoms with Gasteiger partial charge in [-0.15, -0.1) is 0 Å². The zero-order chi connectivity index (χ0) is 24.2. The van der Waals surface area contributed by atoms with Gasteiger partial charge in [0.25, 0.3) is 0 Å². The zero-order valence-electron chi connectivity index (χ0n) is 19.8. The number of hydrogen-bond acceptors (Lipinski definition) is 4. The molecule has 1 aliphatic heterocycles. The Morgan fingerprint density at radius 2 is 1.88 bits per heavy atom. The van der Waals surface area contributed by atoms with Crippen LogP contribution in [0.1, 0.15) is 57.8 Å². The van der Waals surface area contributed by atoms with Crippen molar-refractivity contribution in [1.29, 1.82) is 5.26 Å². The number of fused-ring (bicyclic) bond motifs is 2. The number of nitriles is 1. The van der Waals surface area contributed by atoms with Gasteiger partial charge in [0.1, 0.15) is 17.6 Å². The second-order valence-electron chi connectivity index (χ2n) is 11.0. The summed E-state index contributed by atoms with van der Waals surface area (Å²) in [4.78, 5) is 28.8. The highest BCUT2D eigenvalue weighted by Gasteiger charge is 2.44. The fraction of sp³-hybridized carbons (Fsp3) is 0.538. The van der Waals surface area contributed by atoms with Crippen molar-refractivity contribution < 1.29 is 9.59 Å². The summed E-state index contributed by atoms with van der Waals surface area (Å²) >= 11 is 6.54. The second kappa shape index (κ2) is 8.42. The van der Waals surface area contributed by atoms with E-state index < -0.39 is 0 Å². The van der Waals surface area contributed by atoms with E-state index in [1.165, 1.54) is 0 Å². The van der Waals surface area contributed by atoms with Gasteiger partial charge in [-0.2, -0.15) is 5.26 Å². The minimum atomic E-state index is -0.0427. The van der Waals surface area contributed by atoms with Crippen LogP contribution in [0.15, 0.2) is 18.3 Å². The molecule has 5 rings (SSSR count). The molecule has 4 atom stereocenters. The van der Waals surface area contributed by atoms with Crippen molar-refractivity contribution >= 4 is 29.2 Å². The lowest BCUT2D eigenvalue weighted by molar-refractivity contribution is -0.121. The Morgan fingerprint density at radius 3 is 2.53 bits per heavy atom. The number of carbonyl (C=O) groups is 2. The quantitative estimate of drug-likeness (QED) is 0.672. The van der Waals surface area contributed by atoms with Gasteiger partial charge < -0.3 is 15.2 Å². The Hall–Kier alpha value is -2.85. The smallest absolute Gasteiger partial charge is 0.228 e. The minimum absolute atomic E-state index is 0.00722. The van der Waals surface area contributed by atoms with Gasteiger partial charge in [-0.1, -0.05) is 25.4 Å². The van der Waals surface area contributed by atoms with Crippen molar-refractivity contribution in [1.82, 2.24) is 14.9 Å². The van der Waals surface area contributed by atoms with Gasteiger partial charge in [-0.3, -0.25) is 9.59 Å². The molecule has 0 aromatic carbocycles. The van der Waals surface area contributed by atoms with Gasteiger partial charge in [-0.25, -0.2) is 4.98 Å². The highest BCUT2D eigenvalue weighted by atomic mass is 35.5. The number of nitrogens with zero attached hydrogens (tertiary/aromatic N) is 3. The molecular formula is C26H30ClN5O2. The van der Waals surface area contributed by atoms with Gasteiger partial charge in [0.2, 0.25) is 11.8 Å². The molecule has 2 amide bonds. The van der Waals surface area contributed by atoms with E-state index in [0.29, 0.717) is 28.4 Å². The molecule has 7 nitrogen and oxygen atoms in total. The number of anilines is 1. The zero-order valence-corrected chi connectivity index (χ0v) is 20.6. The molecule has 2 N–H and O–H groups in total. The van der Waals surface area contributed by atoms with Crippen molar-refractivity contribution in [2.24, 2.45) is 23.2 Å². The van der Waals surface area contributed by atoms with Crippen molar-refractivity contribution in [2.45, 2.75) is 65.5 Å². The second-order valence-corrected chi connectivity index (χ2v) is 11.4. The third-order valence-electron chi connectivity index (χ3n) is 7.75. The summed E-state index contributed by atoms with van der Waals surface area (Å²) in [5, 5.41) is 16.2. The first-order chi connectivity index (χ1) is 16.1.